The van der Waals surface area contributed by atoms with Crippen LogP contribution in [0.15, 0.2) is 57.2 Å². The lowest BCUT2D eigenvalue weighted by Gasteiger charge is -2.36. The Labute approximate surface area is 186 Å². The Hall–Kier alpha value is -2.38. The van der Waals surface area contributed by atoms with Gasteiger partial charge in [0.15, 0.2) is 0 Å². The summed E-state index contributed by atoms with van der Waals surface area (Å²) in [5, 5.41) is 0.282. The van der Waals surface area contributed by atoms with Crippen LogP contribution in [0.5, 0.6) is 0 Å². The smallest absolute Gasteiger partial charge is 0.211 e. The van der Waals surface area contributed by atoms with Crippen LogP contribution in [0.3, 0.4) is 0 Å². The van der Waals surface area contributed by atoms with Crippen molar-refractivity contribution in [1.82, 2.24) is 4.57 Å². The number of pyridine rings is 1. The molecule has 1 saturated heterocycles. The summed E-state index contributed by atoms with van der Waals surface area (Å²) in [5.74, 6) is 0.351. The first-order valence-electron chi connectivity index (χ1n) is 10.2. The molecular weight excluding hydrogens is 439 g/mol. The van der Waals surface area contributed by atoms with Gasteiger partial charge in [-0.05, 0) is 48.6 Å². The van der Waals surface area contributed by atoms with E-state index in [9.17, 15) is 13.2 Å². The summed E-state index contributed by atoms with van der Waals surface area (Å²) in [7, 11) is -2.46. The van der Waals surface area contributed by atoms with Gasteiger partial charge in [-0.1, -0.05) is 31.5 Å². The van der Waals surface area contributed by atoms with E-state index in [4.69, 9.17) is 11.6 Å². The molecule has 0 aliphatic carbocycles. The highest BCUT2D eigenvalue weighted by molar-refractivity contribution is 7.91. The topological polar surface area (TPSA) is 59.4 Å². The third-order valence-corrected chi connectivity index (χ3v) is 7.81. The maximum absolute atomic E-state index is 15.1. The predicted molar refractivity (Wildman–Crippen MR) is 121 cm³/mol. The van der Waals surface area contributed by atoms with Gasteiger partial charge in [-0.3, -0.25) is 4.79 Å². The number of hydrogen-bond donors (Lipinski definition) is 0. The van der Waals surface area contributed by atoms with Crippen LogP contribution in [0.25, 0.3) is 10.9 Å². The number of piperidine rings is 1. The van der Waals surface area contributed by atoms with E-state index in [1.54, 1.807) is 23.7 Å². The number of aromatic nitrogens is 1. The molecule has 0 unspecified atom stereocenters. The summed E-state index contributed by atoms with van der Waals surface area (Å²) in [6, 6.07) is 8.54. The molecule has 8 heteroatoms. The van der Waals surface area contributed by atoms with E-state index < -0.39 is 26.0 Å². The maximum atomic E-state index is 15.1. The third kappa shape index (κ3) is 3.96. The highest BCUT2D eigenvalue weighted by atomic mass is 35.5. The summed E-state index contributed by atoms with van der Waals surface area (Å²) in [6.07, 6.45) is 2.39. The number of aryl methyl sites for hydroxylation is 1. The van der Waals surface area contributed by atoms with Crippen LogP contribution in [0, 0.1) is 17.7 Å². The fourth-order valence-corrected chi connectivity index (χ4v) is 6.22. The minimum atomic E-state index is -4.11. The molecule has 4 rings (SSSR count). The number of rotatable bonds is 3. The van der Waals surface area contributed by atoms with Crippen LogP contribution in [-0.4, -0.2) is 26.1 Å². The molecule has 1 aliphatic heterocycles. The molecule has 164 valence electrons. The molecule has 0 N–H and O–H groups in total. The maximum Gasteiger partial charge on any atom is 0.211 e. The van der Waals surface area contributed by atoms with Crippen molar-refractivity contribution >= 4 is 38.0 Å². The molecule has 0 saturated carbocycles. The molecule has 3 aromatic rings. The number of nitrogens with zero attached hydrogens (tertiary/aromatic N) is 2. The van der Waals surface area contributed by atoms with E-state index in [1.165, 1.54) is 24.4 Å². The fourth-order valence-electron chi connectivity index (χ4n) is 4.52. The zero-order valence-corrected chi connectivity index (χ0v) is 19.2. The molecule has 2 aromatic carbocycles. The number of fused-ring (bicyclic) bond motifs is 1. The Morgan fingerprint density at radius 3 is 2.42 bits per heavy atom. The lowest BCUT2D eigenvalue weighted by molar-refractivity contribution is 0.354. The van der Waals surface area contributed by atoms with Gasteiger partial charge in [-0.25, -0.2) is 12.8 Å². The van der Waals surface area contributed by atoms with Crippen molar-refractivity contribution in [1.29, 1.82) is 0 Å². The Morgan fingerprint density at radius 1 is 1.10 bits per heavy atom. The lowest BCUT2D eigenvalue weighted by atomic mass is 9.91. The van der Waals surface area contributed by atoms with Gasteiger partial charge >= 0.3 is 0 Å². The molecule has 31 heavy (non-hydrogen) atoms. The molecule has 0 bridgehead atoms. The van der Waals surface area contributed by atoms with Crippen LogP contribution in [0.4, 0.5) is 10.1 Å². The van der Waals surface area contributed by atoms with E-state index in [1.807, 2.05) is 4.90 Å². The second kappa shape index (κ2) is 7.95. The van der Waals surface area contributed by atoms with Gasteiger partial charge in [0.05, 0.1) is 21.5 Å². The van der Waals surface area contributed by atoms with Gasteiger partial charge in [-0.2, -0.15) is 0 Å². The summed E-state index contributed by atoms with van der Waals surface area (Å²) in [4.78, 5) is 14.6. The molecule has 1 fully saturated rings. The molecule has 2 atom stereocenters. The molecule has 0 spiro atoms. The summed E-state index contributed by atoms with van der Waals surface area (Å²) >= 11 is 5.93. The molecule has 0 radical (unpaired) electrons. The van der Waals surface area contributed by atoms with Crippen molar-refractivity contribution in [2.75, 3.05) is 18.0 Å². The molecule has 1 aromatic heterocycles. The van der Waals surface area contributed by atoms with Crippen LogP contribution in [0.2, 0.25) is 5.02 Å². The van der Waals surface area contributed by atoms with Crippen molar-refractivity contribution < 1.29 is 12.8 Å². The zero-order chi connectivity index (χ0) is 22.5. The standard InChI is InChI=1S/C23H24ClFN2O3S/c1-14-7-15(2)12-27(11-14)21-10-20-18(9-19(21)25)23(28)22(13-26(20)3)31(29,30)17-6-4-5-16(24)8-17/h4-6,8-10,13-15H,7,11-12H2,1-3H3/t14-,15-/m1/s1. The highest BCUT2D eigenvalue weighted by Gasteiger charge is 2.27. The average Bonchev–Trinajstić information content (AvgIpc) is 2.69. The van der Waals surface area contributed by atoms with Crippen LogP contribution < -0.4 is 10.3 Å². The third-order valence-electron chi connectivity index (χ3n) is 5.83. The number of hydrogen-bond acceptors (Lipinski definition) is 4. The molecule has 1 aliphatic rings. The van der Waals surface area contributed by atoms with Gasteiger partial charge < -0.3 is 9.47 Å². The molecular formula is C23H24ClFN2O3S. The van der Waals surface area contributed by atoms with Crippen molar-refractivity contribution in [3.63, 3.8) is 0 Å². The predicted octanol–water partition coefficient (Wildman–Crippen LogP) is 4.65. The van der Waals surface area contributed by atoms with Crippen LogP contribution >= 0.6 is 11.6 Å². The highest BCUT2D eigenvalue weighted by Crippen LogP contribution is 2.31. The van der Waals surface area contributed by atoms with E-state index in [-0.39, 0.29) is 15.3 Å². The minimum absolute atomic E-state index is 0.0324. The van der Waals surface area contributed by atoms with Crippen molar-refractivity contribution in [2.45, 2.75) is 30.1 Å². The van der Waals surface area contributed by atoms with Gasteiger partial charge in [0, 0.05) is 31.4 Å². The summed E-state index contributed by atoms with van der Waals surface area (Å²) in [6.45, 7) is 5.76. The zero-order valence-electron chi connectivity index (χ0n) is 17.6. The second-order valence-corrected chi connectivity index (χ2v) is 10.9. The first-order chi connectivity index (χ1) is 14.6. The van der Waals surface area contributed by atoms with E-state index in [2.05, 4.69) is 13.8 Å². The number of halogens is 2. The van der Waals surface area contributed by atoms with Crippen LogP contribution in [-0.2, 0) is 16.9 Å². The average molecular weight is 463 g/mol. The lowest BCUT2D eigenvalue weighted by Crippen LogP contribution is -2.39. The Bertz CT molecular complexity index is 1330. The number of sulfone groups is 1. The first-order valence-corrected chi connectivity index (χ1v) is 12.0. The molecule has 5 nitrogen and oxygen atoms in total. The SMILES string of the molecule is C[C@@H]1C[C@@H](C)CN(c2cc3c(cc2F)c(=O)c(S(=O)(=O)c2cccc(Cl)c2)cn3C)C1. The van der Waals surface area contributed by atoms with Gasteiger partial charge in [0.1, 0.15) is 10.7 Å². The van der Waals surface area contributed by atoms with Crippen LogP contribution in [0.1, 0.15) is 20.3 Å². The van der Waals surface area contributed by atoms with Crippen molar-refractivity contribution in [3.05, 3.63) is 63.7 Å². The van der Waals surface area contributed by atoms with E-state index in [0.717, 1.165) is 25.6 Å². The Balaban J connectivity index is 1.88. The quantitative estimate of drug-likeness (QED) is 0.568. The monoisotopic (exact) mass is 462 g/mol. The molecule has 2 heterocycles. The van der Waals surface area contributed by atoms with Crippen molar-refractivity contribution in [3.8, 4) is 0 Å². The van der Waals surface area contributed by atoms with Gasteiger partial charge in [0.2, 0.25) is 15.3 Å². The summed E-state index contributed by atoms with van der Waals surface area (Å²) in [5.41, 5.74) is 0.197. The minimum Gasteiger partial charge on any atom is -0.369 e. The van der Waals surface area contributed by atoms with Gasteiger partial charge in [-0.15, -0.1) is 0 Å². The Kier molecular flexibility index (Phi) is 5.60. The summed E-state index contributed by atoms with van der Waals surface area (Å²) < 4.78 is 42.9. The van der Waals surface area contributed by atoms with E-state index >= 15 is 4.39 Å². The largest absolute Gasteiger partial charge is 0.369 e. The Morgan fingerprint density at radius 2 is 1.77 bits per heavy atom. The number of benzene rings is 2. The molecule has 0 amide bonds. The van der Waals surface area contributed by atoms with Crippen molar-refractivity contribution in [2.24, 2.45) is 18.9 Å². The van der Waals surface area contributed by atoms with Gasteiger partial charge in [0.25, 0.3) is 0 Å². The first kappa shape index (κ1) is 21.8. The second-order valence-electron chi connectivity index (χ2n) is 8.57. The number of anilines is 1. The fraction of sp³-hybridized carbons (Fsp3) is 0.348. The van der Waals surface area contributed by atoms with E-state index in [0.29, 0.717) is 23.0 Å². The normalized spacial score (nSPS) is 19.7.